The maximum absolute atomic E-state index is 12.9. The predicted molar refractivity (Wildman–Crippen MR) is 107 cm³/mol. The molecule has 1 unspecified atom stereocenters. The number of rotatable bonds is 6. The van der Waals surface area contributed by atoms with Gasteiger partial charge in [0.15, 0.2) is 0 Å². The number of piperidine rings is 1. The quantitative estimate of drug-likeness (QED) is 0.574. The van der Waals surface area contributed by atoms with Gasteiger partial charge in [0.2, 0.25) is 10.0 Å². The molecule has 1 atom stereocenters. The molecule has 0 radical (unpaired) electrons. The first-order valence-corrected chi connectivity index (χ1v) is 10.9. The number of carbonyl (C=O) groups is 2. The lowest BCUT2D eigenvalue weighted by Gasteiger charge is -2.32. The molecule has 0 spiro atoms. The number of hydrogen-bond donors (Lipinski definition) is 3. The second-order valence-electron chi connectivity index (χ2n) is 7.06. The summed E-state index contributed by atoms with van der Waals surface area (Å²) in [6.07, 6.45) is -1.75. The number of aliphatic carboxylic acids is 2. The number of pyridine rings is 1. The molecule has 1 aromatic heterocycles. The molecule has 0 amide bonds. The lowest BCUT2D eigenvalue weighted by atomic mass is 10.00. The average molecular weight is 477 g/mol. The van der Waals surface area contributed by atoms with E-state index in [4.69, 9.17) is 15.0 Å². The van der Waals surface area contributed by atoms with Gasteiger partial charge in [0.25, 0.3) is 0 Å². The van der Waals surface area contributed by atoms with Crippen LogP contribution in [0.2, 0.25) is 0 Å². The van der Waals surface area contributed by atoms with Crippen LogP contribution in [-0.4, -0.2) is 72.2 Å². The molecule has 1 aliphatic rings. The van der Waals surface area contributed by atoms with Crippen molar-refractivity contribution in [3.8, 4) is 0 Å². The van der Waals surface area contributed by atoms with E-state index < -0.39 is 28.1 Å². The smallest absolute Gasteiger partial charge is 0.480 e. The van der Waals surface area contributed by atoms with E-state index in [-0.39, 0.29) is 17.4 Å². The molecular formula is C19H22F3N3O6S. The minimum Gasteiger partial charge on any atom is -0.480 e. The number of alkyl halides is 3. The molecule has 0 bridgehead atoms. The molecule has 13 heteroatoms. The first-order valence-electron chi connectivity index (χ1n) is 9.49. The first kappa shape index (κ1) is 25.5. The van der Waals surface area contributed by atoms with Crippen molar-refractivity contribution in [2.75, 3.05) is 26.2 Å². The van der Waals surface area contributed by atoms with E-state index in [1.54, 1.807) is 30.5 Å². The zero-order chi connectivity index (χ0) is 23.9. The number of benzene rings is 1. The van der Waals surface area contributed by atoms with Crippen molar-refractivity contribution in [3.63, 3.8) is 0 Å². The number of nitrogens with zero attached hydrogens (tertiary/aromatic N) is 2. The van der Waals surface area contributed by atoms with Gasteiger partial charge in [0.05, 0.1) is 17.0 Å². The molecule has 3 N–H and O–H groups in total. The highest BCUT2D eigenvalue weighted by Crippen LogP contribution is 2.25. The molecule has 1 saturated heterocycles. The van der Waals surface area contributed by atoms with Crippen molar-refractivity contribution in [1.82, 2.24) is 14.6 Å². The Morgan fingerprint density at radius 2 is 1.91 bits per heavy atom. The Hall–Kier alpha value is -2.77. The van der Waals surface area contributed by atoms with E-state index in [1.165, 1.54) is 4.31 Å². The van der Waals surface area contributed by atoms with Crippen molar-refractivity contribution >= 4 is 32.9 Å². The SMILES string of the molecule is O=C(O)C(F)(F)F.O=C(O)CNCC1CCCN(S(=O)(=O)c2ccc3ncccc3c2)C1. The molecule has 176 valence electrons. The Morgan fingerprint density at radius 3 is 2.53 bits per heavy atom. The summed E-state index contributed by atoms with van der Waals surface area (Å²) in [6.45, 7) is 1.28. The van der Waals surface area contributed by atoms with E-state index in [2.05, 4.69) is 10.3 Å². The van der Waals surface area contributed by atoms with Gasteiger partial charge < -0.3 is 15.5 Å². The zero-order valence-corrected chi connectivity index (χ0v) is 17.6. The minimum absolute atomic E-state index is 0.110. The molecule has 9 nitrogen and oxygen atoms in total. The van der Waals surface area contributed by atoms with E-state index in [9.17, 15) is 26.4 Å². The maximum atomic E-state index is 12.9. The second kappa shape index (κ2) is 10.7. The van der Waals surface area contributed by atoms with E-state index >= 15 is 0 Å². The summed E-state index contributed by atoms with van der Waals surface area (Å²) < 4.78 is 59.1. The highest BCUT2D eigenvalue weighted by atomic mass is 32.2. The van der Waals surface area contributed by atoms with Gasteiger partial charge in [-0.2, -0.15) is 17.5 Å². The topological polar surface area (TPSA) is 137 Å². The number of aromatic nitrogens is 1. The van der Waals surface area contributed by atoms with E-state index in [0.29, 0.717) is 19.6 Å². The molecule has 1 aromatic carbocycles. The predicted octanol–water partition coefficient (Wildman–Crippen LogP) is 1.94. The number of halogens is 3. The fourth-order valence-corrected chi connectivity index (χ4v) is 4.75. The van der Waals surface area contributed by atoms with Crippen LogP contribution >= 0.6 is 0 Å². The summed E-state index contributed by atoms with van der Waals surface area (Å²) in [6, 6.07) is 8.60. The van der Waals surface area contributed by atoms with Crippen molar-refractivity contribution in [1.29, 1.82) is 0 Å². The lowest BCUT2D eigenvalue weighted by molar-refractivity contribution is -0.192. The van der Waals surface area contributed by atoms with Crippen LogP contribution < -0.4 is 5.32 Å². The van der Waals surface area contributed by atoms with Crippen molar-refractivity contribution in [3.05, 3.63) is 36.5 Å². The molecule has 3 rings (SSSR count). The Balaban J connectivity index is 0.000000451. The lowest BCUT2D eigenvalue weighted by Crippen LogP contribution is -2.43. The molecule has 0 saturated carbocycles. The number of fused-ring (bicyclic) bond motifs is 1. The molecule has 1 fully saturated rings. The van der Waals surface area contributed by atoms with Gasteiger partial charge in [-0.25, -0.2) is 13.2 Å². The maximum Gasteiger partial charge on any atom is 0.490 e. The van der Waals surface area contributed by atoms with E-state index in [1.807, 2.05) is 6.07 Å². The van der Waals surface area contributed by atoms with Gasteiger partial charge in [-0.1, -0.05) is 6.07 Å². The van der Waals surface area contributed by atoms with Crippen molar-refractivity contribution < 1.29 is 41.4 Å². The van der Waals surface area contributed by atoms with Gasteiger partial charge >= 0.3 is 18.1 Å². The third-order valence-corrected chi connectivity index (χ3v) is 6.51. The van der Waals surface area contributed by atoms with Crippen LogP contribution in [0, 0.1) is 5.92 Å². The van der Waals surface area contributed by atoms with Crippen molar-refractivity contribution in [2.24, 2.45) is 5.92 Å². The summed E-state index contributed by atoms with van der Waals surface area (Å²) >= 11 is 0. The Labute approximate surface area is 181 Å². The van der Waals surface area contributed by atoms with E-state index in [0.717, 1.165) is 23.7 Å². The Kier molecular flexibility index (Phi) is 8.52. The largest absolute Gasteiger partial charge is 0.490 e. The van der Waals surface area contributed by atoms with Crippen LogP contribution in [0.4, 0.5) is 13.2 Å². The monoisotopic (exact) mass is 477 g/mol. The highest BCUT2D eigenvalue weighted by Gasteiger charge is 2.38. The summed E-state index contributed by atoms with van der Waals surface area (Å²) in [5.74, 6) is -3.55. The van der Waals surface area contributed by atoms with Gasteiger partial charge in [-0.05, 0) is 49.6 Å². The average Bonchev–Trinajstić information content (AvgIpc) is 2.73. The number of hydrogen-bond acceptors (Lipinski definition) is 6. The van der Waals surface area contributed by atoms with Crippen LogP contribution in [0.1, 0.15) is 12.8 Å². The summed E-state index contributed by atoms with van der Waals surface area (Å²) in [7, 11) is -3.57. The van der Waals surface area contributed by atoms with Crippen LogP contribution in [0.15, 0.2) is 41.4 Å². The van der Waals surface area contributed by atoms with Gasteiger partial charge in [0, 0.05) is 24.7 Å². The number of nitrogens with one attached hydrogen (secondary N) is 1. The number of sulfonamides is 1. The standard InChI is InChI=1S/C17H21N3O4S.C2HF3O2/c21-17(22)11-18-10-13-3-2-8-20(12-13)25(23,24)15-5-6-16-14(9-15)4-1-7-19-16;3-2(4,5)1(6)7/h1,4-7,9,13,18H,2-3,8,10-12H2,(H,21,22);(H,6,7). The molecule has 2 heterocycles. The summed E-state index contributed by atoms with van der Waals surface area (Å²) in [5.41, 5.74) is 0.760. The molecule has 32 heavy (non-hydrogen) atoms. The van der Waals surface area contributed by atoms with Gasteiger partial charge in [-0.15, -0.1) is 0 Å². The fraction of sp³-hybridized carbons (Fsp3) is 0.421. The number of carboxylic acids is 2. The van der Waals surface area contributed by atoms with Crippen LogP contribution in [0.3, 0.4) is 0 Å². The van der Waals surface area contributed by atoms with Gasteiger partial charge in [0.1, 0.15) is 0 Å². The molecule has 1 aliphatic heterocycles. The van der Waals surface area contributed by atoms with Crippen LogP contribution in [0.5, 0.6) is 0 Å². The normalized spacial score (nSPS) is 17.4. The van der Waals surface area contributed by atoms with Crippen LogP contribution in [-0.2, 0) is 19.6 Å². The fourth-order valence-electron chi connectivity index (χ4n) is 3.16. The summed E-state index contributed by atoms with van der Waals surface area (Å²) in [5, 5.41) is 19.5. The van der Waals surface area contributed by atoms with Gasteiger partial charge in [-0.3, -0.25) is 9.78 Å². The Bertz CT molecular complexity index is 1060. The number of carboxylic acid groups (broad SMARTS) is 2. The zero-order valence-electron chi connectivity index (χ0n) is 16.7. The third kappa shape index (κ3) is 7.14. The molecular weight excluding hydrogens is 455 g/mol. The summed E-state index contributed by atoms with van der Waals surface area (Å²) in [4.78, 5) is 24.0. The first-order chi connectivity index (χ1) is 14.9. The molecule has 2 aromatic rings. The second-order valence-corrected chi connectivity index (χ2v) is 8.99. The third-order valence-electron chi connectivity index (χ3n) is 4.65. The van der Waals surface area contributed by atoms with Crippen LogP contribution in [0.25, 0.3) is 10.9 Å². The highest BCUT2D eigenvalue weighted by molar-refractivity contribution is 7.89. The minimum atomic E-state index is -5.08. The Morgan fingerprint density at radius 1 is 1.22 bits per heavy atom. The molecule has 0 aliphatic carbocycles. The van der Waals surface area contributed by atoms with Crippen molar-refractivity contribution in [2.45, 2.75) is 23.9 Å².